The van der Waals surface area contributed by atoms with E-state index in [1.54, 1.807) is 6.92 Å². The van der Waals surface area contributed by atoms with Crippen LogP contribution in [0.15, 0.2) is 48.5 Å². The number of hydrogen-bond acceptors (Lipinski definition) is 5. The smallest absolute Gasteiger partial charge is 0.270 e. The maximum Gasteiger partial charge on any atom is 0.270 e. The topological polar surface area (TPSA) is 111 Å². The predicted octanol–water partition coefficient (Wildman–Crippen LogP) is 3.35. The summed E-state index contributed by atoms with van der Waals surface area (Å²) in [5.74, 6) is -0.145. The van der Waals surface area contributed by atoms with E-state index in [2.05, 4.69) is 10.6 Å². The van der Waals surface area contributed by atoms with Crippen molar-refractivity contribution in [1.29, 1.82) is 0 Å². The molecule has 1 aliphatic carbocycles. The Morgan fingerprint density at radius 1 is 1.17 bits per heavy atom. The van der Waals surface area contributed by atoms with Crippen molar-refractivity contribution in [3.8, 4) is 5.75 Å². The first-order chi connectivity index (χ1) is 14.4. The number of rotatable bonds is 8. The summed E-state index contributed by atoms with van der Waals surface area (Å²) < 4.78 is 6.08. The fourth-order valence-electron chi connectivity index (χ4n) is 3.39. The largest absolute Gasteiger partial charge is 0.490 e. The van der Waals surface area contributed by atoms with Crippen molar-refractivity contribution in [3.05, 3.63) is 69.8 Å². The number of nitrogens with zero attached hydrogens (tertiary/aromatic N) is 1. The van der Waals surface area contributed by atoms with Gasteiger partial charge in [-0.05, 0) is 44.7 Å². The van der Waals surface area contributed by atoms with Crippen molar-refractivity contribution in [2.24, 2.45) is 0 Å². The van der Waals surface area contributed by atoms with Crippen molar-refractivity contribution in [1.82, 2.24) is 10.6 Å². The number of hydrogen-bond donors (Lipinski definition) is 2. The van der Waals surface area contributed by atoms with Crippen LogP contribution in [0.4, 0.5) is 5.69 Å². The minimum Gasteiger partial charge on any atom is -0.490 e. The van der Waals surface area contributed by atoms with E-state index in [4.69, 9.17) is 4.74 Å². The number of carbonyl (C=O) groups is 2. The Balaban J connectivity index is 1.55. The quantitative estimate of drug-likeness (QED) is 0.511. The summed E-state index contributed by atoms with van der Waals surface area (Å²) >= 11 is 0. The van der Waals surface area contributed by atoms with Crippen LogP contribution >= 0.6 is 0 Å². The predicted molar refractivity (Wildman–Crippen MR) is 111 cm³/mol. The number of nitro groups is 1. The van der Waals surface area contributed by atoms with Gasteiger partial charge in [-0.3, -0.25) is 19.7 Å². The summed E-state index contributed by atoms with van der Waals surface area (Å²) in [7, 11) is 0. The van der Waals surface area contributed by atoms with E-state index in [9.17, 15) is 19.7 Å². The third kappa shape index (κ3) is 5.56. The molecule has 2 aromatic rings. The zero-order valence-corrected chi connectivity index (χ0v) is 16.8. The van der Waals surface area contributed by atoms with Crippen molar-refractivity contribution in [2.75, 3.05) is 0 Å². The molecule has 2 amide bonds. The molecule has 2 aromatic carbocycles. The van der Waals surface area contributed by atoms with Gasteiger partial charge in [-0.15, -0.1) is 0 Å². The lowest BCUT2D eigenvalue weighted by Gasteiger charge is -2.18. The van der Waals surface area contributed by atoms with Gasteiger partial charge in [0.25, 0.3) is 11.6 Å². The van der Waals surface area contributed by atoms with Crippen LogP contribution in [0.2, 0.25) is 0 Å². The monoisotopic (exact) mass is 411 g/mol. The highest BCUT2D eigenvalue weighted by Crippen LogP contribution is 2.26. The number of amides is 2. The van der Waals surface area contributed by atoms with E-state index in [-0.39, 0.29) is 29.8 Å². The molecule has 0 heterocycles. The molecule has 8 nitrogen and oxygen atoms in total. The van der Waals surface area contributed by atoms with Gasteiger partial charge in [-0.25, -0.2) is 0 Å². The molecule has 0 aromatic heterocycles. The van der Waals surface area contributed by atoms with Crippen molar-refractivity contribution in [2.45, 2.75) is 51.3 Å². The summed E-state index contributed by atoms with van der Waals surface area (Å²) in [4.78, 5) is 35.1. The van der Waals surface area contributed by atoms with Crippen molar-refractivity contribution >= 4 is 17.5 Å². The molecule has 0 radical (unpaired) electrons. The average molecular weight is 411 g/mol. The van der Waals surface area contributed by atoms with Crippen LogP contribution in [-0.2, 0) is 11.3 Å². The van der Waals surface area contributed by atoms with Crippen LogP contribution in [0.3, 0.4) is 0 Å². The molecule has 2 N–H and O–H groups in total. The summed E-state index contributed by atoms with van der Waals surface area (Å²) in [6.07, 6.45) is 4.65. The first kappa shape index (κ1) is 21.3. The minimum absolute atomic E-state index is 0.124. The first-order valence-corrected chi connectivity index (χ1v) is 10.0. The molecule has 0 spiro atoms. The van der Waals surface area contributed by atoms with E-state index in [0.717, 1.165) is 24.2 Å². The Hall–Kier alpha value is -3.42. The SMILES string of the molecule is CC(NC(=O)c1cccc([N+](=O)[O-])c1)C(=O)NCc1ccccc1OC1CCCC1. The van der Waals surface area contributed by atoms with Gasteiger partial charge in [0, 0.05) is 29.8 Å². The Kier molecular flexibility index (Phi) is 7.00. The van der Waals surface area contributed by atoms with Gasteiger partial charge in [0.15, 0.2) is 0 Å². The standard InChI is InChI=1S/C22H25N3O5/c1-15(24-22(27)16-8-6-9-18(13-16)25(28)29)21(26)23-14-17-7-2-5-12-20(17)30-19-10-3-4-11-19/h2,5-9,12-13,15,19H,3-4,10-11,14H2,1H3,(H,23,26)(H,24,27). The number of para-hydroxylation sites is 1. The highest BCUT2D eigenvalue weighted by molar-refractivity contribution is 5.97. The van der Waals surface area contributed by atoms with E-state index < -0.39 is 16.9 Å². The molecule has 8 heteroatoms. The molecule has 1 unspecified atom stereocenters. The molecule has 0 aliphatic heterocycles. The number of benzene rings is 2. The lowest BCUT2D eigenvalue weighted by Crippen LogP contribution is -2.44. The normalized spacial score (nSPS) is 14.7. The third-order valence-corrected chi connectivity index (χ3v) is 5.08. The van der Waals surface area contributed by atoms with Crippen LogP contribution in [0.1, 0.15) is 48.5 Å². The number of carbonyl (C=O) groups excluding carboxylic acids is 2. The number of ether oxygens (including phenoxy) is 1. The van der Waals surface area contributed by atoms with Crippen LogP contribution in [0, 0.1) is 10.1 Å². The van der Waals surface area contributed by atoms with Crippen molar-refractivity contribution in [3.63, 3.8) is 0 Å². The zero-order chi connectivity index (χ0) is 21.5. The molecule has 1 fully saturated rings. The zero-order valence-electron chi connectivity index (χ0n) is 16.8. The second-order valence-corrected chi connectivity index (χ2v) is 7.35. The Labute approximate surface area is 174 Å². The van der Waals surface area contributed by atoms with Gasteiger partial charge in [0.2, 0.25) is 5.91 Å². The fraction of sp³-hybridized carbons (Fsp3) is 0.364. The number of nitrogens with one attached hydrogen (secondary N) is 2. The lowest BCUT2D eigenvalue weighted by molar-refractivity contribution is -0.384. The van der Waals surface area contributed by atoms with E-state index in [1.807, 2.05) is 24.3 Å². The fourth-order valence-corrected chi connectivity index (χ4v) is 3.39. The molecular formula is C22H25N3O5. The minimum atomic E-state index is -0.806. The second-order valence-electron chi connectivity index (χ2n) is 7.35. The first-order valence-electron chi connectivity index (χ1n) is 10.0. The van der Waals surface area contributed by atoms with Crippen LogP contribution in [0.25, 0.3) is 0 Å². The Morgan fingerprint density at radius 2 is 1.90 bits per heavy atom. The molecule has 158 valence electrons. The molecule has 1 saturated carbocycles. The molecule has 3 rings (SSSR count). The van der Waals surface area contributed by atoms with Gasteiger partial charge in [-0.2, -0.15) is 0 Å². The van der Waals surface area contributed by atoms with Gasteiger partial charge in [0.05, 0.1) is 11.0 Å². The van der Waals surface area contributed by atoms with Gasteiger partial charge < -0.3 is 15.4 Å². The van der Waals surface area contributed by atoms with E-state index >= 15 is 0 Å². The van der Waals surface area contributed by atoms with Crippen molar-refractivity contribution < 1.29 is 19.2 Å². The Morgan fingerprint density at radius 3 is 2.63 bits per heavy atom. The van der Waals surface area contributed by atoms with Gasteiger partial charge in [0.1, 0.15) is 11.8 Å². The van der Waals surface area contributed by atoms with Gasteiger partial charge in [-0.1, -0.05) is 24.3 Å². The summed E-state index contributed by atoms with van der Waals surface area (Å²) in [6.45, 7) is 1.84. The van der Waals surface area contributed by atoms with E-state index in [0.29, 0.717) is 0 Å². The molecule has 1 aliphatic rings. The molecular weight excluding hydrogens is 386 g/mol. The van der Waals surface area contributed by atoms with Gasteiger partial charge >= 0.3 is 0 Å². The number of nitro benzene ring substituents is 1. The highest BCUT2D eigenvalue weighted by Gasteiger charge is 2.20. The van der Waals surface area contributed by atoms with E-state index in [1.165, 1.54) is 37.1 Å². The maximum absolute atomic E-state index is 12.4. The highest BCUT2D eigenvalue weighted by atomic mass is 16.6. The van der Waals surface area contributed by atoms with Crippen LogP contribution in [0.5, 0.6) is 5.75 Å². The third-order valence-electron chi connectivity index (χ3n) is 5.08. The Bertz CT molecular complexity index is 924. The van der Waals surface area contributed by atoms with Crippen LogP contribution in [-0.4, -0.2) is 28.9 Å². The summed E-state index contributed by atoms with van der Waals surface area (Å²) in [5.41, 5.74) is 0.813. The second kappa shape index (κ2) is 9.87. The lowest BCUT2D eigenvalue weighted by atomic mass is 10.1. The average Bonchev–Trinajstić information content (AvgIpc) is 3.26. The molecule has 0 bridgehead atoms. The van der Waals surface area contributed by atoms with Crippen LogP contribution < -0.4 is 15.4 Å². The number of non-ortho nitro benzene ring substituents is 1. The molecule has 30 heavy (non-hydrogen) atoms. The summed E-state index contributed by atoms with van der Waals surface area (Å²) in [5, 5.41) is 16.2. The maximum atomic E-state index is 12.4. The summed E-state index contributed by atoms with van der Waals surface area (Å²) in [6, 6.07) is 12.1. The molecule has 1 atom stereocenters. The molecule has 0 saturated heterocycles.